The van der Waals surface area contributed by atoms with E-state index < -0.39 is 0 Å². The number of nitrogens with zero attached hydrogens (tertiary/aromatic N) is 6. The quantitative estimate of drug-likeness (QED) is 0.589. The summed E-state index contributed by atoms with van der Waals surface area (Å²) in [5.41, 5.74) is 2.45. The largest absolute Gasteiger partial charge is 0.467 e. The molecule has 28 heavy (non-hydrogen) atoms. The van der Waals surface area contributed by atoms with E-state index in [9.17, 15) is 0 Å². The second-order valence-electron chi connectivity index (χ2n) is 7.21. The summed E-state index contributed by atoms with van der Waals surface area (Å²) in [6, 6.07) is 12.5. The van der Waals surface area contributed by atoms with Crippen molar-refractivity contribution in [2.45, 2.75) is 19.5 Å². The third-order valence-corrected chi connectivity index (χ3v) is 5.24. The number of tetrazole rings is 1. The summed E-state index contributed by atoms with van der Waals surface area (Å²) in [7, 11) is 0. The van der Waals surface area contributed by atoms with E-state index in [2.05, 4.69) is 63.1 Å². The molecule has 0 bridgehead atoms. The smallest absolute Gasteiger partial charge is 0.173 e. The second kappa shape index (κ2) is 8.50. The van der Waals surface area contributed by atoms with Crippen LogP contribution in [-0.4, -0.2) is 62.7 Å². The lowest BCUT2D eigenvalue weighted by atomic mass is 10.0. The minimum atomic E-state index is 0.0106. The van der Waals surface area contributed by atoms with E-state index in [0.717, 1.165) is 44.3 Å². The van der Waals surface area contributed by atoms with Gasteiger partial charge in [0.2, 0.25) is 0 Å². The molecule has 0 amide bonds. The molecule has 1 aliphatic heterocycles. The Bertz CT molecular complexity index is 878. The fraction of sp³-hybridized carbons (Fsp3) is 0.381. The van der Waals surface area contributed by atoms with Gasteiger partial charge in [-0.15, -0.1) is 11.7 Å². The van der Waals surface area contributed by atoms with Gasteiger partial charge in [-0.2, -0.15) is 0 Å². The van der Waals surface area contributed by atoms with Crippen molar-refractivity contribution in [1.29, 1.82) is 0 Å². The van der Waals surface area contributed by atoms with Gasteiger partial charge in [0.25, 0.3) is 0 Å². The molecular formula is C21H26N6O. The lowest BCUT2D eigenvalue weighted by Crippen LogP contribution is -2.48. The molecule has 7 heteroatoms. The Morgan fingerprint density at radius 3 is 2.61 bits per heavy atom. The van der Waals surface area contributed by atoms with Crippen molar-refractivity contribution in [2.75, 3.05) is 32.7 Å². The lowest BCUT2D eigenvalue weighted by molar-refractivity contribution is 0.112. The van der Waals surface area contributed by atoms with Crippen molar-refractivity contribution < 1.29 is 4.42 Å². The van der Waals surface area contributed by atoms with Crippen LogP contribution in [0.15, 0.2) is 59.7 Å². The maximum absolute atomic E-state index is 5.50. The molecule has 0 aliphatic carbocycles. The molecule has 1 unspecified atom stereocenters. The third kappa shape index (κ3) is 4.05. The monoisotopic (exact) mass is 378 g/mol. The van der Waals surface area contributed by atoms with E-state index in [4.69, 9.17) is 4.42 Å². The highest BCUT2D eigenvalue weighted by Gasteiger charge is 2.30. The molecule has 0 radical (unpaired) electrons. The summed E-state index contributed by atoms with van der Waals surface area (Å²) in [4.78, 5) is 4.89. The summed E-state index contributed by atoms with van der Waals surface area (Å²) >= 11 is 0. The molecule has 3 aromatic rings. The van der Waals surface area contributed by atoms with Crippen molar-refractivity contribution in [3.63, 3.8) is 0 Å². The van der Waals surface area contributed by atoms with Crippen LogP contribution in [0.25, 0.3) is 0 Å². The molecule has 0 spiro atoms. The molecule has 0 saturated carbocycles. The fourth-order valence-corrected chi connectivity index (χ4v) is 3.73. The molecule has 0 N–H and O–H groups in total. The number of rotatable bonds is 7. The Hall–Kier alpha value is -2.77. The van der Waals surface area contributed by atoms with Crippen LogP contribution in [0.4, 0.5) is 0 Å². The van der Waals surface area contributed by atoms with Crippen LogP contribution >= 0.6 is 0 Å². The van der Waals surface area contributed by atoms with E-state index in [1.165, 1.54) is 11.1 Å². The first-order valence-corrected chi connectivity index (χ1v) is 9.67. The van der Waals surface area contributed by atoms with Gasteiger partial charge in [-0.3, -0.25) is 9.80 Å². The van der Waals surface area contributed by atoms with Crippen molar-refractivity contribution in [3.05, 3.63) is 78.0 Å². The van der Waals surface area contributed by atoms with Gasteiger partial charge >= 0.3 is 0 Å². The van der Waals surface area contributed by atoms with E-state index in [1.54, 1.807) is 6.26 Å². The van der Waals surface area contributed by atoms with Crippen molar-refractivity contribution >= 4 is 0 Å². The van der Waals surface area contributed by atoms with Crippen molar-refractivity contribution in [2.24, 2.45) is 0 Å². The molecule has 1 saturated heterocycles. The molecule has 1 aromatic carbocycles. The van der Waals surface area contributed by atoms with E-state index in [1.807, 2.05) is 22.9 Å². The fourth-order valence-electron chi connectivity index (χ4n) is 3.73. The first-order valence-electron chi connectivity index (χ1n) is 9.67. The highest BCUT2D eigenvalue weighted by atomic mass is 16.3. The number of hydrogen-bond acceptors (Lipinski definition) is 6. The maximum Gasteiger partial charge on any atom is 0.173 e. The molecular weight excluding hydrogens is 352 g/mol. The van der Waals surface area contributed by atoms with Crippen LogP contribution in [0.5, 0.6) is 0 Å². The Labute approximate surface area is 165 Å². The van der Waals surface area contributed by atoms with Crippen LogP contribution < -0.4 is 0 Å². The zero-order chi connectivity index (χ0) is 19.3. The van der Waals surface area contributed by atoms with Gasteiger partial charge in [0.1, 0.15) is 12.3 Å². The molecule has 2 aromatic heterocycles. The summed E-state index contributed by atoms with van der Waals surface area (Å²) in [6.45, 7) is 11.3. The average molecular weight is 378 g/mol. The van der Waals surface area contributed by atoms with E-state index in [0.29, 0.717) is 6.54 Å². The predicted octanol–water partition coefficient (Wildman–Crippen LogP) is 2.52. The van der Waals surface area contributed by atoms with Gasteiger partial charge < -0.3 is 4.42 Å². The number of benzene rings is 1. The molecule has 1 fully saturated rings. The van der Waals surface area contributed by atoms with Crippen LogP contribution in [0, 0.1) is 6.92 Å². The number of piperazine rings is 1. The minimum absolute atomic E-state index is 0.0106. The third-order valence-electron chi connectivity index (χ3n) is 5.24. The summed E-state index contributed by atoms with van der Waals surface area (Å²) in [5.74, 6) is 1.68. The SMILES string of the molecule is C=CCN1CCN(C(c2ccc(C)cc2)c2nnnn2Cc2ccco2)CC1. The van der Waals surface area contributed by atoms with Gasteiger partial charge in [-0.25, -0.2) is 4.68 Å². The van der Waals surface area contributed by atoms with Gasteiger partial charge in [-0.1, -0.05) is 35.9 Å². The highest BCUT2D eigenvalue weighted by Crippen LogP contribution is 2.28. The topological polar surface area (TPSA) is 63.2 Å². The number of furan rings is 1. The zero-order valence-electron chi connectivity index (χ0n) is 16.2. The molecule has 4 rings (SSSR count). The van der Waals surface area contributed by atoms with Crippen molar-refractivity contribution in [1.82, 2.24) is 30.0 Å². The number of hydrogen-bond donors (Lipinski definition) is 0. The van der Waals surface area contributed by atoms with Crippen LogP contribution in [-0.2, 0) is 6.54 Å². The number of aryl methyl sites for hydroxylation is 1. The standard InChI is InChI=1S/C21H26N6O/c1-3-10-25-11-13-26(14-12-25)20(18-8-6-17(2)7-9-18)21-22-23-24-27(21)16-19-5-4-15-28-19/h3-9,15,20H,1,10-14,16H2,2H3. The summed E-state index contributed by atoms with van der Waals surface area (Å²) < 4.78 is 7.35. The maximum atomic E-state index is 5.50. The van der Waals surface area contributed by atoms with E-state index in [-0.39, 0.29) is 6.04 Å². The summed E-state index contributed by atoms with van der Waals surface area (Å²) in [6.07, 6.45) is 3.65. The van der Waals surface area contributed by atoms with Crippen molar-refractivity contribution in [3.8, 4) is 0 Å². The van der Waals surface area contributed by atoms with Crippen LogP contribution in [0.1, 0.15) is 28.8 Å². The second-order valence-corrected chi connectivity index (χ2v) is 7.21. The molecule has 146 valence electrons. The van der Waals surface area contributed by atoms with Crippen LogP contribution in [0.2, 0.25) is 0 Å². The average Bonchev–Trinajstić information content (AvgIpc) is 3.38. The first kappa shape index (κ1) is 18.6. The molecule has 7 nitrogen and oxygen atoms in total. The molecule has 1 atom stereocenters. The highest BCUT2D eigenvalue weighted by molar-refractivity contribution is 5.28. The normalized spacial score (nSPS) is 16.9. The Morgan fingerprint density at radius 1 is 1.14 bits per heavy atom. The van der Waals surface area contributed by atoms with Gasteiger partial charge in [0, 0.05) is 32.7 Å². The predicted molar refractivity (Wildman–Crippen MR) is 107 cm³/mol. The minimum Gasteiger partial charge on any atom is -0.467 e. The van der Waals surface area contributed by atoms with E-state index >= 15 is 0 Å². The Balaban J connectivity index is 1.64. The summed E-state index contributed by atoms with van der Waals surface area (Å²) in [5, 5.41) is 12.6. The Kier molecular flexibility index (Phi) is 5.64. The van der Waals surface area contributed by atoms with Gasteiger partial charge in [0.15, 0.2) is 5.82 Å². The first-order chi connectivity index (χ1) is 13.7. The van der Waals surface area contributed by atoms with Crippen LogP contribution in [0.3, 0.4) is 0 Å². The van der Waals surface area contributed by atoms with Gasteiger partial charge in [-0.05, 0) is 35.0 Å². The molecule has 3 heterocycles. The Morgan fingerprint density at radius 2 is 1.93 bits per heavy atom. The lowest BCUT2D eigenvalue weighted by Gasteiger charge is -2.38. The zero-order valence-corrected chi connectivity index (χ0v) is 16.2. The number of aromatic nitrogens is 4. The molecule has 1 aliphatic rings. The van der Waals surface area contributed by atoms with Gasteiger partial charge in [0.05, 0.1) is 12.3 Å².